The molecule has 2 heterocycles. The largest absolute Gasteiger partial charge is 0.443 e. The molecule has 2 rings (SSSR count). The third kappa shape index (κ3) is 2.29. The molecule has 5 heteroatoms. The molecule has 1 atom stereocenters. The first kappa shape index (κ1) is 14.2. The zero-order chi connectivity index (χ0) is 14.9. The number of rotatable bonds is 1. The molecule has 1 aromatic heterocycles. The molecule has 0 aromatic carbocycles. The van der Waals surface area contributed by atoms with Gasteiger partial charge in [0.15, 0.2) is 0 Å². The Bertz CT molecular complexity index is 663. The van der Waals surface area contributed by atoms with Crippen LogP contribution in [-0.2, 0) is 4.74 Å². The summed E-state index contributed by atoms with van der Waals surface area (Å²) in [6.45, 7) is 5.86. The average molecular weight is 285 g/mol. The number of allylic oxidation sites excluding steroid dienone is 3. The van der Waals surface area contributed by atoms with Gasteiger partial charge in [-0.15, -0.1) is 11.3 Å². The van der Waals surface area contributed by atoms with E-state index >= 15 is 0 Å². The molecule has 0 spiro atoms. The third-order valence-electron chi connectivity index (χ3n) is 3.05. The molecule has 4 nitrogen and oxygen atoms in total. The smallest absolute Gasteiger partial charge is 0.205 e. The van der Waals surface area contributed by atoms with Gasteiger partial charge in [-0.25, -0.2) is 0 Å². The summed E-state index contributed by atoms with van der Waals surface area (Å²) in [5.41, 5.74) is 6.30. The minimum Gasteiger partial charge on any atom is -0.443 e. The maximum absolute atomic E-state index is 9.54. The van der Waals surface area contributed by atoms with Gasteiger partial charge in [0.25, 0.3) is 0 Å². The van der Waals surface area contributed by atoms with Crippen LogP contribution in [0, 0.1) is 28.1 Å². The van der Waals surface area contributed by atoms with Crippen molar-refractivity contribution < 1.29 is 4.74 Å². The van der Waals surface area contributed by atoms with Crippen LogP contribution in [0.4, 0.5) is 0 Å². The van der Waals surface area contributed by atoms with Crippen LogP contribution in [0.5, 0.6) is 0 Å². The van der Waals surface area contributed by atoms with Crippen molar-refractivity contribution in [2.45, 2.75) is 26.7 Å². The van der Waals surface area contributed by atoms with Gasteiger partial charge in [-0.05, 0) is 11.4 Å². The SMILES string of the molecule is CC(C)(C)C1=C(C#N)[C@@H](c2cccs2)C(C#N)=C(N)O1. The Morgan fingerprint density at radius 1 is 1.25 bits per heavy atom. The second-order valence-corrected chi connectivity index (χ2v) is 6.52. The van der Waals surface area contributed by atoms with Crippen LogP contribution < -0.4 is 5.73 Å². The van der Waals surface area contributed by atoms with Crippen LogP contribution in [0.1, 0.15) is 31.6 Å². The van der Waals surface area contributed by atoms with E-state index in [1.807, 2.05) is 38.3 Å². The highest BCUT2D eigenvalue weighted by Gasteiger charge is 2.37. The van der Waals surface area contributed by atoms with Crippen LogP contribution in [0.3, 0.4) is 0 Å². The van der Waals surface area contributed by atoms with Gasteiger partial charge in [-0.1, -0.05) is 26.8 Å². The molecule has 1 aliphatic rings. The van der Waals surface area contributed by atoms with E-state index in [4.69, 9.17) is 10.5 Å². The summed E-state index contributed by atoms with van der Waals surface area (Å²) < 4.78 is 5.58. The Balaban J connectivity index is 2.69. The van der Waals surface area contributed by atoms with Gasteiger partial charge in [-0.2, -0.15) is 10.5 Å². The molecule has 20 heavy (non-hydrogen) atoms. The summed E-state index contributed by atoms with van der Waals surface area (Å²) in [4.78, 5) is 0.922. The van der Waals surface area contributed by atoms with E-state index in [1.54, 1.807) is 0 Å². The number of thiophene rings is 1. The summed E-state index contributed by atoms with van der Waals surface area (Å²) in [5, 5.41) is 20.8. The van der Waals surface area contributed by atoms with Gasteiger partial charge >= 0.3 is 0 Å². The Labute approximate surface area is 122 Å². The molecule has 0 bridgehead atoms. The standard InChI is InChI=1S/C15H15N3OS/c1-15(2,3)13-9(7-16)12(11-5-4-6-20-11)10(8-17)14(18)19-13/h4-6,12H,18H2,1-3H3/t12-/m1/s1. The number of ether oxygens (including phenoxy) is 1. The van der Waals surface area contributed by atoms with E-state index in [1.165, 1.54) is 11.3 Å². The zero-order valence-electron chi connectivity index (χ0n) is 11.6. The molecular weight excluding hydrogens is 270 g/mol. The number of nitrogens with two attached hydrogens (primary N) is 1. The van der Waals surface area contributed by atoms with Crippen molar-refractivity contribution in [1.29, 1.82) is 10.5 Å². The number of hydrogen-bond acceptors (Lipinski definition) is 5. The van der Waals surface area contributed by atoms with E-state index in [2.05, 4.69) is 12.1 Å². The molecule has 1 aliphatic heterocycles. The summed E-state index contributed by atoms with van der Waals surface area (Å²) >= 11 is 1.50. The van der Waals surface area contributed by atoms with Crippen molar-refractivity contribution in [1.82, 2.24) is 0 Å². The second-order valence-electron chi connectivity index (χ2n) is 5.54. The summed E-state index contributed by atoms with van der Waals surface area (Å²) in [5.74, 6) is 0.206. The van der Waals surface area contributed by atoms with E-state index in [0.717, 1.165) is 4.88 Å². The molecule has 1 aromatic rings. The van der Waals surface area contributed by atoms with Gasteiger partial charge in [0.1, 0.15) is 17.4 Å². The normalized spacial score (nSPS) is 19.4. The average Bonchev–Trinajstić information content (AvgIpc) is 2.89. The molecule has 0 radical (unpaired) electrons. The Morgan fingerprint density at radius 2 is 1.90 bits per heavy atom. The van der Waals surface area contributed by atoms with Crippen molar-refractivity contribution in [3.05, 3.63) is 45.2 Å². The van der Waals surface area contributed by atoms with Crippen LogP contribution in [0.2, 0.25) is 0 Å². The molecule has 0 fully saturated rings. The van der Waals surface area contributed by atoms with Crippen molar-refractivity contribution in [2.24, 2.45) is 11.1 Å². The van der Waals surface area contributed by atoms with Crippen LogP contribution in [0.15, 0.2) is 40.3 Å². The lowest BCUT2D eigenvalue weighted by molar-refractivity contribution is 0.199. The fraction of sp³-hybridized carbons (Fsp3) is 0.333. The quantitative estimate of drug-likeness (QED) is 0.857. The highest BCUT2D eigenvalue weighted by atomic mass is 32.1. The number of nitrogens with zero attached hydrogens (tertiary/aromatic N) is 2. The van der Waals surface area contributed by atoms with E-state index in [9.17, 15) is 10.5 Å². The maximum atomic E-state index is 9.54. The monoisotopic (exact) mass is 285 g/mol. The minimum absolute atomic E-state index is 0.0924. The second kappa shape index (κ2) is 5.03. The highest BCUT2D eigenvalue weighted by molar-refractivity contribution is 7.10. The lowest BCUT2D eigenvalue weighted by Gasteiger charge is -2.31. The van der Waals surface area contributed by atoms with E-state index < -0.39 is 5.92 Å². The summed E-state index contributed by atoms with van der Waals surface area (Å²) in [6, 6.07) is 8.08. The fourth-order valence-electron chi connectivity index (χ4n) is 2.17. The molecule has 0 aliphatic carbocycles. The van der Waals surface area contributed by atoms with Gasteiger partial charge < -0.3 is 10.5 Å². The molecular formula is C15H15N3OS. The van der Waals surface area contributed by atoms with Crippen molar-refractivity contribution in [3.63, 3.8) is 0 Å². The van der Waals surface area contributed by atoms with Gasteiger partial charge in [0.05, 0.1) is 17.6 Å². The van der Waals surface area contributed by atoms with Crippen LogP contribution >= 0.6 is 11.3 Å². The minimum atomic E-state index is -0.423. The van der Waals surface area contributed by atoms with E-state index in [0.29, 0.717) is 16.9 Å². The highest BCUT2D eigenvalue weighted by Crippen LogP contribution is 2.44. The van der Waals surface area contributed by atoms with Crippen molar-refractivity contribution >= 4 is 11.3 Å². The number of nitriles is 2. The first-order valence-electron chi connectivity index (χ1n) is 6.16. The topological polar surface area (TPSA) is 82.8 Å². The molecule has 0 unspecified atom stereocenters. The Morgan fingerprint density at radius 3 is 2.35 bits per heavy atom. The lowest BCUT2D eigenvalue weighted by Crippen LogP contribution is -2.26. The lowest BCUT2D eigenvalue weighted by atomic mass is 9.81. The molecule has 0 amide bonds. The number of hydrogen-bond donors (Lipinski definition) is 1. The molecule has 0 saturated carbocycles. The fourth-order valence-corrected chi connectivity index (χ4v) is 3.01. The molecule has 2 N–H and O–H groups in total. The Hall–Kier alpha value is -2.24. The maximum Gasteiger partial charge on any atom is 0.205 e. The van der Waals surface area contributed by atoms with Gasteiger partial charge in [0, 0.05) is 10.3 Å². The summed E-state index contributed by atoms with van der Waals surface area (Å²) in [7, 11) is 0. The van der Waals surface area contributed by atoms with Crippen LogP contribution in [-0.4, -0.2) is 0 Å². The Kier molecular flexibility index (Phi) is 3.57. The van der Waals surface area contributed by atoms with E-state index in [-0.39, 0.29) is 11.3 Å². The van der Waals surface area contributed by atoms with Crippen molar-refractivity contribution in [3.8, 4) is 12.1 Å². The van der Waals surface area contributed by atoms with Crippen LogP contribution in [0.25, 0.3) is 0 Å². The first-order valence-corrected chi connectivity index (χ1v) is 7.03. The molecule has 102 valence electrons. The van der Waals surface area contributed by atoms with Gasteiger partial charge in [0.2, 0.25) is 5.88 Å². The van der Waals surface area contributed by atoms with Gasteiger partial charge in [-0.3, -0.25) is 0 Å². The first-order chi connectivity index (χ1) is 9.40. The zero-order valence-corrected chi connectivity index (χ0v) is 12.4. The predicted molar refractivity (Wildman–Crippen MR) is 77.1 cm³/mol. The third-order valence-corrected chi connectivity index (χ3v) is 3.99. The predicted octanol–water partition coefficient (Wildman–Crippen LogP) is 3.38. The van der Waals surface area contributed by atoms with Crippen molar-refractivity contribution in [2.75, 3.05) is 0 Å². The summed E-state index contributed by atoms with van der Waals surface area (Å²) in [6.07, 6.45) is 0. The molecule has 0 saturated heterocycles.